The molecule has 0 atom stereocenters. The normalized spacial score (nSPS) is 19.7. The Morgan fingerprint density at radius 1 is 1.22 bits per heavy atom. The highest BCUT2D eigenvalue weighted by molar-refractivity contribution is 6.43. The number of anilines is 1. The number of hydrogen-bond acceptors (Lipinski definition) is 4. The van der Waals surface area contributed by atoms with E-state index in [2.05, 4.69) is 4.90 Å². The van der Waals surface area contributed by atoms with Crippen molar-refractivity contribution in [2.45, 2.75) is 44.7 Å². The van der Waals surface area contributed by atoms with Gasteiger partial charge in [-0.25, -0.2) is 4.98 Å². The number of halogens is 2. The lowest BCUT2D eigenvalue weighted by atomic mass is 9.91. The van der Waals surface area contributed by atoms with E-state index in [0.29, 0.717) is 38.5 Å². The molecule has 4 N–H and O–H groups in total. The van der Waals surface area contributed by atoms with Crippen LogP contribution in [0.2, 0.25) is 10.0 Å². The Kier molecular flexibility index (Phi) is 5.94. The van der Waals surface area contributed by atoms with Crippen LogP contribution in [0, 0.1) is 6.92 Å². The molecule has 5 nitrogen and oxygen atoms in total. The van der Waals surface area contributed by atoms with Crippen molar-refractivity contribution in [3.63, 3.8) is 0 Å². The maximum Gasteiger partial charge on any atom is 0.249 e. The van der Waals surface area contributed by atoms with Gasteiger partial charge < -0.3 is 16.4 Å². The Labute approximate surface area is 169 Å². The first-order valence-corrected chi connectivity index (χ1v) is 9.79. The highest BCUT2D eigenvalue weighted by Crippen LogP contribution is 2.38. The zero-order valence-corrected chi connectivity index (χ0v) is 17.0. The van der Waals surface area contributed by atoms with Crippen LogP contribution in [-0.4, -0.2) is 30.0 Å². The first-order chi connectivity index (χ1) is 12.8. The molecule has 144 valence electrons. The molecule has 1 saturated carbocycles. The molecule has 0 radical (unpaired) electrons. The highest BCUT2D eigenvalue weighted by atomic mass is 35.5. The van der Waals surface area contributed by atoms with Gasteiger partial charge >= 0.3 is 0 Å². The fourth-order valence-corrected chi connectivity index (χ4v) is 4.14. The summed E-state index contributed by atoms with van der Waals surface area (Å²) in [4.78, 5) is 19.1. The van der Waals surface area contributed by atoms with Crippen LogP contribution in [0.15, 0.2) is 24.3 Å². The first-order valence-electron chi connectivity index (χ1n) is 9.03. The average Bonchev–Trinajstić information content (AvgIpc) is 2.63. The molecule has 2 aromatic rings. The zero-order chi connectivity index (χ0) is 19.7. The quantitative estimate of drug-likeness (QED) is 0.797. The van der Waals surface area contributed by atoms with Gasteiger partial charge in [-0.05, 0) is 44.7 Å². The molecule has 1 aliphatic carbocycles. The SMILES string of the molecule is Cc1nc(N(C)C2CCC(N)CC2)cc(C(N)=O)c1-c1cccc(Cl)c1Cl. The van der Waals surface area contributed by atoms with Crippen LogP contribution in [0.1, 0.15) is 41.7 Å². The number of hydrogen-bond donors (Lipinski definition) is 2. The predicted molar refractivity (Wildman–Crippen MR) is 112 cm³/mol. The molecule has 0 bridgehead atoms. The molecule has 0 aliphatic heterocycles. The molecule has 1 aliphatic rings. The highest BCUT2D eigenvalue weighted by Gasteiger charge is 2.25. The Hall–Kier alpha value is -1.82. The summed E-state index contributed by atoms with van der Waals surface area (Å²) in [6.07, 6.45) is 4.00. The van der Waals surface area contributed by atoms with E-state index in [4.69, 9.17) is 39.7 Å². The van der Waals surface area contributed by atoms with Gasteiger partial charge in [-0.15, -0.1) is 0 Å². The molecule has 1 aromatic heterocycles. The van der Waals surface area contributed by atoms with Crippen LogP contribution in [-0.2, 0) is 0 Å². The lowest BCUT2D eigenvalue weighted by molar-refractivity contribution is 0.100. The first kappa shape index (κ1) is 19.9. The van der Waals surface area contributed by atoms with E-state index >= 15 is 0 Å². The second kappa shape index (κ2) is 8.05. The zero-order valence-electron chi connectivity index (χ0n) is 15.5. The summed E-state index contributed by atoms with van der Waals surface area (Å²) in [5.74, 6) is 0.204. The lowest BCUT2D eigenvalue weighted by Crippen LogP contribution is -2.39. The Morgan fingerprint density at radius 3 is 2.52 bits per heavy atom. The van der Waals surface area contributed by atoms with E-state index in [1.807, 2.05) is 20.0 Å². The third-order valence-electron chi connectivity index (χ3n) is 5.32. The number of primary amides is 1. The number of benzene rings is 1. The van der Waals surface area contributed by atoms with Gasteiger partial charge in [0.2, 0.25) is 5.91 Å². The fraction of sp³-hybridized carbons (Fsp3) is 0.400. The minimum atomic E-state index is -0.521. The van der Waals surface area contributed by atoms with Gasteiger partial charge in [0, 0.05) is 36.0 Å². The summed E-state index contributed by atoms with van der Waals surface area (Å²) < 4.78 is 0. The van der Waals surface area contributed by atoms with Crippen molar-refractivity contribution in [2.24, 2.45) is 11.5 Å². The number of nitrogens with zero attached hydrogens (tertiary/aromatic N) is 2. The number of aryl methyl sites for hydroxylation is 1. The van der Waals surface area contributed by atoms with E-state index in [9.17, 15) is 4.79 Å². The molecule has 1 aromatic carbocycles. The number of rotatable bonds is 4. The van der Waals surface area contributed by atoms with Crippen LogP contribution >= 0.6 is 23.2 Å². The van der Waals surface area contributed by atoms with Gasteiger partial charge in [0.15, 0.2) is 0 Å². The summed E-state index contributed by atoms with van der Waals surface area (Å²) in [6, 6.07) is 7.68. The van der Waals surface area contributed by atoms with Crippen LogP contribution in [0.4, 0.5) is 5.82 Å². The third kappa shape index (κ3) is 4.05. The molecule has 0 spiro atoms. The fourth-order valence-electron chi connectivity index (χ4n) is 3.74. The molecule has 1 fully saturated rings. The van der Waals surface area contributed by atoms with Crippen molar-refractivity contribution in [3.8, 4) is 11.1 Å². The minimum absolute atomic E-state index is 0.276. The van der Waals surface area contributed by atoms with Gasteiger partial charge in [0.1, 0.15) is 5.82 Å². The second-order valence-electron chi connectivity index (χ2n) is 7.13. The molecule has 1 heterocycles. The molecular weight excluding hydrogens is 383 g/mol. The summed E-state index contributed by atoms with van der Waals surface area (Å²) in [5, 5.41) is 0.803. The van der Waals surface area contributed by atoms with E-state index in [1.165, 1.54) is 0 Å². The number of carbonyl (C=O) groups is 1. The van der Waals surface area contributed by atoms with Gasteiger partial charge in [-0.3, -0.25) is 4.79 Å². The number of pyridine rings is 1. The summed E-state index contributed by atoms with van der Waals surface area (Å²) in [5.41, 5.74) is 14.1. The van der Waals surface area contributed by atoms with Crippen LogP contribution in [0.25, 0.3) is 11.1 Å². The Morgan fingerprint density at radius 2 is 1.89 bits per heavy atom. The van der Waals surface area contributed by atoms with Crippen molar-refractivity contribution >= 4 is 34.9 Å². The largest absolute Gasteiger partial charge is 0.366 e. The number of amides is 1. The van der Waals surface area contributed by atoms with E-state index < -0.39 is 5.91 Å². The molecule has 27 heavy (non-hydrogen) atoms. The summed E-state index contributed by atoms with van der Waals surface area (Å²) in [6.45, 7) is 1.85. The lowest BCUT2D eigenvalue weighted by Gasteiger charge is -2.34. The molecule has 7 heteroatoms. The summed E-state index contributed by atoms with van der Waals surface area (Å²) >= 11 is 12.5. The van der Waals surface area contributed by atoms with Crippen LogP contribution < -0.4 is 16.4 Å². The standard InChI is InChI=1S/C20H24Cl2N4O/c1-11-18(14-4-3-5-16(21)19(14)22)15(20(24)27)10-17(25-11)26(2)13-8-6-12(23)7-9-13/h3-5,10,12-13H,6-9,23H2,1-2H3,(H2,24,27). The molecule has 3 rings (SSSR count). The van der Waals surface area contributed by atoms with Crippen LogP contribution in [0.5, 0.6) is 0 Å². The van der Waals surface area contributed by atoms with Gasteiger partial charge in [0.05, 0.1) is 15.6 Å². The molecule has 1 amide bonds. The van der Waals surface area contributed by atoms with Crippen molar-refractivity contribution in [2.75, 3.05) is 11.9 Å². The summed E-state index contributed by atoms with van der Waals surface area (Å²) in [7, 11) is 2.00. The van der Waals surface area contributed by atoms with Gasteiger partial charge in [-0.1, -0.05) is 35.3 Å². The smallest absolute Gasteiger partial charge is 0.249 e. The number of nitrogens with two attached hydrogens (primary N) is 2. The second-order valence-corrected chi connectivity index (χ2v) is 7.92. The van der Waals surface area contributed by atoms with Gasteiger partial charge in [0.25, 0.3) is 0 Å². The topological polar surface area (TPSA) is 85.2 Å². The van der Waals surface area contributed by atoms with E-state index in [1.54, 1.807) is 18.2 Å². The number of carbonyl (C=O) groups excluding carboxylic acids is 1. The van der Waals surface area contributed by atoms with Crippen molar-refractivity contribution in [1.29, 1.82) is 0 Å². The van der Waals surface area contributed by atoms with Crippen molar-refractivity contribution < 1.29 is 4.79 Å². The van der Waals surface area contributed by atoms with E-state index in [-0.39, 0.29) is 6.04 Å². The van der Waals surface area contributed by atoms with Crippen molar-refractivity contribution in [3.05, 3.63) is 45.6 Å². The molecule has 0 saturated heterocycles. The Bertz CT molecular complexity index is 863. The van der Waals surface area contributed by atoms with Crippen LogP contribution in [0.3, 0.4) is 0 Å². The maximum absolute atomic E-state index is 12.2. The number of aromatic nitrogens is 1. The Balaban J connectivity index is 2.05. The maximum atomic E-state index is 12.2. The van der Waals surface area contributed by atoms with E-state index in [0.717, 1.165) is 31.5 Å². The molecule has 0 unspecified atom stereocenters. The minimum Gasteiger partial charge on any atom is -0.366 e. The average molecular weight is 407 g/mol. The van der Waals surface area contributed by atoms with Crippen molar-refractivity contribution in [1.82, 2.24) is 4.98 Å². The predicted octanol–water partition coefficient (Wildman–Crippen LogP) is 4.17. The third-order valence-corrected chi connectivity index (χ3v) is 6.14. The monoisotopic (exact) mass is 406 g/mol. The molecular formula is C20H24Cl2N4O. The van der Waals surface area contributed by atoms with Gasteiger partial charge in [-0.2, -0.15) is 0 Å².